The lowest BCUT2D eigenvalue weighted by Crippen LogP contribution is -2.14. The first-order valence-electron chi connectivity index (χ1n) is 6.17. The van der Waals surface area contributed by atoms with Crippen LogP contribution in [-0.4, -0.2) is 11.1 Å². The Labute approximate surface area is 112 Å². The van der Waals surface area contributed by atoms with Crippen molar-refractivity contribution < 1.29 is 14.6 Å². The topological polar surface area (TPSA) is 46.5 Å². The lowest BCUT2D eigenvalue weighted by atomic mass is 10.1. The molecule has 0 saturated carbocycles. The molecule has 0 aliphatic carbocycles. The monoisotopic (exact) mass is 256 g/mol. The summed E-state index contributed by atoms with van der Waals surface area (Å²) in [5.41, 5.74) is 2.00. The van der Waals surface area contributed by atoms with E-state index in [4.69, 9.17) is 4.74 Å². The summed E-state index contributed by atoms with van der Waals surface area (Å²) in [5.74, 6) is 0.404. The second-order valence-electron chi connectivity index (χ2n) is 4.65. The number of aromatic hydroxyl groups is 1. The minimum Gasteiger partial charge on any atom is -0.508 e. The number of benzene rings is 2. The number of phenolic OH excluding ortho intramolecular Hbond substituents is 1. The Balaban J connectivity index is 2.14. The van der Waals surface area contributed by atoms with Gasteiger partial charge in [-0.05, 0) is 35.4 Å². The maximum atomic E-state index is 11.5. The molecule has 0 heterocycles. The highest BCUT2D eigenvalue weighted by atomic mass is 16.5. The van der Waals surface area contributed by atoms with Gasteiger partial charge in [0, 0.05) is 0 Å². The van der Waals surface area contributed by atoms with Crippen LogP contribution in [0.2, 0.25) is 0 Å². The summed E-state index contributed by atoms with van der Waals surface area (Å²) in [4.78, 5) is 11.5. The SMILES string of the molecule is CC(C)C(=O)Oc1ccc(-c2ccc(O)cc2)cc1. The third-order valence-electron chi connectivity index (χ3n) is 2.74. The molecular weight excluding hydrogens is 240 g/mol. The van der Waals surface area contributed by atoms with Crippen LogP contribution in [0.5, 0.6) is 11.5 Å². The first-order chi connectivity index (χ1) is 9.06. The van der Waals surface area contributed by atoms with Crippen molar-refractivity contribution in [2.45, 2.75) is 13.8 Å². The molecule has 0 saturated heterocycles. The van der Waals surface area contributed by atoms with Gasteiger partial charge in [-0.25, -0.2) is 0 Å². The molecule has 0 fully saturated rings. The van der Waals surface area contributed by atoms with E-state index in [-0.39, 0.29) is 17.6 Å². The Hall–Kier alpha value is -2.29. The Bertz CT molecular complexity index is 554. The van der Waals surface area contributed by atoms with E-state index in [9.17, 15) is 9.90 Å². The van der Waals surface area contributed by atoms with E-state index in [0.29, 0.717) is 5.75 Å². The van der Waals surface area contributed by atoms with E-state index < -0.39 is 0 Å². The van der Waals surface area contributed by atoms with Gasteiger partial charge in [0.2, 0.25) is 0 Å². The summed E-state index contributed by atoms with van der Waals surface area (Å²) >= 11 is 0. The lowest BCUT2D eigenvalue weighted by Gasteiger charge is -2.07. The van der Waals surface area contributed by atoms with E-state index in [1.165, 1.54) is 0 Å². The largest absolute Gasteiger partial charge is 0.508 e. The average Bonchev–Trinajstić information content (AvgIpc) is 2.40. The summed E-state index contributed by atoms with van der Waals surface area (Å²) < 4.78 is 5.21. The zero-order valence-electron chi connectivity index (χ0n) is 11.0. The average molecular weight is 256 g/mol. The molecule has 0 aliphatic heterocycles. The van der Waals surface area contributed by atoms with Crippen LogP contribution in [0.1, 0.15) is 13.8 Å². The molecule has 0 aromatic heterocycles. The molecule has 3 nitrogen and oxygen atoms in total. The summed E-state index contributed by atoms with van der Waals surface area (Å²) in [5, 5.41) is 9.24. The minimum atomic E-state index is -0.239. The second-order valence-corrected chi connectivity index (χ2v) is 4.65. The van der Waals surface area contributed by atoms with Crippen LogP contribution in [0, 0.1) is 5.92 Å². The molecule has 0 atom stereocenters. The Morgan fingerprint density at radius 3 is 1.89 bits per heavy atom. The van der Waals surface area contributed by atoms with Crippen molar-refractivity contribution >= 4 is 5.97 Å². The van der Waals surface area contributed by atoms with Crippen LogP contribution in [0.25, 0.3) is 11.1 Å². The molecule has 0 radical (unpaired) electrons. The molecule has 98 valence electrons. The van der Waals surface area contributed by atoms with Gasteiger partial charge >= 0.3 is 5.97 Å². The normalized spacial score (nSPS) is 10.5. The molecule has 0 spiro atoms. The zero-order chi connectivity index (χ0) is 13.8. The van der Waals surface area contributed by atoms with Gasteiger partial charge in [-0.2, -0.15) is 0 Å². The molecule has 0 bridgehead atoms. The van der Waals surface area contributed by atoms with Gasteiger partial charge in [0.25, 0.3) is 0 Å². The minimum absolute atomic E-state index is 0.142. The highest BCUT2D eigenvalue weighted by Gasteiger charge is 2.09. The first kappa shape index (κ1) is 13.1. The highest BCUT2D eigenvalue weighted by Crippen LogP contribution is 2.24. The quantitative estimate of drug-likeness (QED) is 0.674. The number of hydrogen-bond donors (Lipinski definition) is 1. The van der Waals surface area contributed by atoms with Crippen molar-refractivity contribution in [3.8, 4) is 22.6 Å². The van der Waals surface area contributed by atoms with Gasteiger partial charge in [-0.1, -0.05) is 38.1 Å². The predicted octanol–water partition coefficient (Wildman–Crippen LogP) is 3.62. The van der Waals surface area contributed by atoms with Crippen molar-refractivity contribution in [1.29, 1.82) is 0 Å². The van der Waals surface area contributed by atoms with E-state index in [1.54, 1.807) is 38.1 Å². The number of phenols is 1. The van der Waals surface area contributed by atoms with Crippen molar-refractivity contribution in [2.75, 3.05) is 0 Å². The van der Waals surface area contributed by atoms with Crippen LogP contribution in [0.4, 0.5) is 0 Å². The summed E-state index contributed by atoms with van der Waals surface area (Å²) in [6.45, 7) is 3.60. The number of ether oxygens (including phenoxy) is 1. The maximum Gasteiger partial charge on any atom is 0.313 e. The van der Waals surface area contributed by atoms with Gasteiger partial charge in [-0.3, -0.25) is 4.79 Å². The smallest absolute Gasteiger partial charge is 0.313 e. The maximum absolute atomic E-state index is 11.5. The lowest BCUT2D eigenvalue weighted by molar-refractivity contribution is -0.137. The van der Waals surface area contributed by atoms with Crippen LogP contribution in [-0.2, 0) is 4.79 Å². The van der Waals surface area contributed by atoms with Gasteiger partial charge in [0.15, 0.2) is 0 Å². The highest BCUT2D eigenvalue weighted by molar-refractivity contribution is 5.74. The van der Waals surface area contributed by atoms with E-state index >= 15 is 0 Å². The molecule has 0 aliphatic rings. The van der Waals surface area contributed by atoms with Crippen LogP contribution in [0.15, 0.2) is 48.5 Å². The Morgan fingerprint density at radius 2 is 1.42 bits per heavy atom. The number of hydrogen-bond acceptors (Lipinski definition) is 3. The number of carbonyl (C=O) groups is 1. The van der Waals surface area contributed by atoms with E-state index in [1.807, 2.05) is 24.3 Å². The molecule has 19 heavy (non-hydrogen) atoms. The van der Waals surface area contributed by atoms with Gasteiger partial charge in [-0.15, -0.1) is 0 Å². The van der Waals surface area contributed by atoms with Gasteiger partial charge in [0.05, 0.1) is 5.92 Å². The molecule has 1 N–H and O–H groups in total. The predicted molar refractivity (Wildman–Crippen MR) is 74.0 cm³/mol. The molecular formula is C16H16O3. The van der Waals surface area contributed by atoms with Crippen LogP contribution < -0.4 is 4.74 Å². The molecule has 0 amide bonds. The van der Waals surface area contributed by atoms with Crippen molar-refractivity contribution in [2.24, 2.45) is 5.92 Å². The van der Waals surface area contributed by atoms with Crippen LogP contribution >= 0.6 is 0 Å². The van der Waals surface area contributed by atoms with E-state index in [0.717, 1.165) is 11.1 Å². The van der Waals surface area contributed by atoms with Crippen molar-refractivity contribution in [3.63, 3.8) is 0 Å². The summed E-state index contributed by atoms with van der Waals surface area (Å²) in [6.07, 6.45) is 0. The Morgan fingerprint density at radius 1 is 0.947 bits per heavy atom. The summed E-state index contributed by atoms with van der Waals surface area (Å²) in [7, 11) is 0. The van der Waals surface area contributed by atoms with E-state index in [2.05, 4.69) is 0 Å². The third kappa shape index (κ3) is 3.35. The molecule has 2 rings (SSSR count). The van der Waals surface area contributed by atoms with Crippen molar-refractivity contribution in [1.82, 2.24) is 0 Å². The fourth-order valence-corrected chi connectivity index (χ4v) is 1.60. The summed E-state index contributed by atoms with van der Waals surface area (Å²) in [6, 6.07) is 14.3. The number of rotatable bonds is 3. The van der Waals surface area contributed by atoms with Crippen LogP contribution in [0.3, 0.4) is 0 Å². The molecule has 3 heteroatoms. The van der Waals surface area contributed by atoms with Gasteiger partial charge < -0.3 is 9.84 Å². The molecule has 2 aromatic rings. The molecule has 2 aromatic carbocycles. The standard InChI is InChI=1S/C16H16O3/c1-11(2)16(18)19-15-9-5-13(6-10-15)12-3-7-14(17)8-4-12/h3-11,17H,1-2H3. The number of carbonyl (C=O) groups excluding carboxylic acids is 1. The third-order valence-corrected chi connectivity index (χ3v) is 2.74. The second kappa shape index (κ2) is 5.57. The number of esters is 1. The first-order valence-corrected chi connectivity index (χ1v) is 6.17. The zero-order valence-corrected chi connectivity index (χ0v) is 11.0. The van der Waals surface area contributed by atoms with Gasteiger partial charge in [0.1, 0.15) is 11.5 Å². The fraction of sp³-hybridized carbons (Fsp3) is 0.188. The molecule has 0 unspecified atom stereocenters. The fourth-order valence-electron chi connectivity index (χ4n) is 1.60. The van der Waals surface area contributed by atoms with Crippen molar-refractivity contribution in [3.05, 3.63) is 48.5 Å². The Kier molecular flexibility index (Phi) is 3.85.